The Balaban J connectivity index is 1.07. The number of hydrogen-bond acceptors (Lipinski definition) is 2. The van der Waals surface area contributed by atoms with Crippen molar-refractivity contribution >= 4 is 44.9 Å². The molecule has 2 heteroatoms. The minimum atomic E-state index is -0.328. The van der Waals surface area contributed by atoms with Crippen LogP contribution in [0.2, 0.25) is 0 Å². The molecule has 12 rings (SSSR count). The largest absolute Gasteiger partial charge is 0.310 e. The summed E-state index contributed by atoms with van der Waals surface area (Å²) in [6.07, 6.45) is 2.21. The average molecular weight is 903 g/mol. The third-order valence-electron chi connectivity index (χ3n) is 15.7. The van der Waals surface area contributed by atoms with Crippen molar-refractivity contribution in [3.63, 3.8) is 0 Å². The van der Waals surface area contributed by atoms with Crippen LogP contribution in [0.1, 0.15) is 67.9 Å². The fourth-order valence-electron chi connectivity index (χ4n) is 12.2. The van der Waals surface area contributed by atoms with Crippen LogP contribution in [0, 0.1) is 12.8 Å². The van der Waals surface area contributed by atoms with Crippen LogP contribution in [0.15, 0.2) is 224 Å². The molecule has 0 spiro atoms. The van der Waals surface area contributed by atoms with E-state index >= 15 is 0 Å². The van der Waals surface area contributed by atoms with E-state index in [4.69, 9.17) is 0 Å². The van der Waals surface area contributed by atoms with Crippen molar-refractivity contribution in [2.24, 2.45) is 5.92 Å². The van der Waals surface area contributed by atoms with E-state index in [1.54, 1.807) is 0 Å². The summed E-state index contributed by atoms with van der Waals surface area (Å²) in [5.74, 6) is 0.893. The summed E-state index contributed by atoms with van der Waals surface area (Å²) in [6.45, 7) is 12.0. The molecule has 70 heavy (non-hydrogen) atoms. The van der Waals surface area contributed by atoms with Gasteiger partial charge in [0.25, 0.3) is 0 Å². The zero-order chi connectivity index (χ0) is 47.5. The molecule has 0 aliphatic heterocycles. The van der Waals surface area contributed by atoms with Crippen LogP contribution in [-0.2, 0) is 11.8 Å². The van der Waals surface area contributed by atoms with Crippen molar-refractivity contribution in [1.29, 1.82) is 0 Å². The standard InChI is InChI=1S/C68H58N2/c1-6-47-41-50-28-19-20-33-55(50)57-36-23-37-63(65(57)46(47)3)69(52-29-15-9-16-30-52)54-38-39-59-61(43-54)68(4,5)62-44-64(56-34-21-22-35-58(56)66(59)62)70(53-31-17-10-18-32-53)67-45(2)40-51(48-24-11-7-12-25-48)42-60(67)49-26-13-8-14-27-49/h7-40,42-44,46-47H,6,41H2,1-5H3/t46-,47?/m1/s1. The molecule has 10 aromatic rings. The van der Waals surface area contributed by atoms with Gasteiger partial charge in [0.15, 0.2) is 0 Å². The molecule has 0 bridgehead atoms. The molecular formula is C68H58N2. The zero-order valence-electron chi connectivity index (χ0n) is 40.8. The van der Waals surface area contributed by atoms with Gasteiger partial charge in [0, 0.05) is 33.4 Å². The first-order valence-corrected chi connectivity index (χ1v) is 25.2. The van der Waals surface area contributed by atoms with Gasteiger partial charge in [-0.15, -0.1) is 0 Å². The molecule has 2 aliphatic rings. The van der Waals surface area contributed by atoms with Crippen LogP contribution in [0.25, 0.3) is 55.3 Å². The van der Waals surface area contributed by atoms with Gasteiger partial charge in [0.2, 0.25) is 0 Å². The summed E-state index contributed by atoms with van der Waals surface area (Å²) in [7, 11) is 0. The van der Waals surface area contributed by atoms with Gasteiger partial charge in [0.05, 0.1) is 17.1 Å². The average Bonchev–Trinajstić information content (AvgIpc) is 3.55. The van der Waals surface area contributed by atoms with Crippen LogP contribution in [0.5, 0.6) is 0 Å². The van der Waals surface area contributed by atoms with Gasteiger partial charge in [0.1, 0.15) is 0 Å². The van der Waals surface area contributed by atoms with Crippen molar-refractivity contribution in [3.8, 4) is 44.5 Å². The number of rotatable bonds is 9. The van der Waals surface area contributed by atoms with E-state index in [-0.39, 0.29) is 5.41 Å². The first-order chi connectivity index (χ1) is 34.3. The molecule has 0 aromatic heterocycles. The molecule has 2 aliphatic carbocycles. The Labute approximate surface area is 414 Å². The predicted molar refractivity (Wildman–Crippen MR) is 298 cm³/mol. The van der Waals surface area contributed by atoms with Crippen LogP contribution in [0.3, 0.4) is 0 Å². The lowest BCUT2D eigenvalue weighted by Gasteiger charge is -2.33. The molecular weight excluding hydrogens is 845 g/mol. The molecule has 0 N–H and O–H groups in total. The minimum absolute atomic E-state index is 0.328. The Kier molecular flexibility index (Phi) is 10.9. The highest BCUT2D eigenvalue weighted by Gasteiger charge is 2.39. The fourth-order valence-corrected chi connectivity index (χ4v) is 12.2. The van der Waals surface area contributed by atoms with Gasteiger partial charge in [-0.05, 0) is 158 Å². The Hall–Kier alpha value is -7.94. The van der Waals surface area contributed by atoms with E-state index < -0.39 is 0 Å². The van der Waals surface area contributed by atoms with Gasteiger partial charge in [-0.2, -0.15) is 0 Å². The molecule has 0 fully saturated rings. The number of aryl methyl sites for hydroxylation is 1. The van der Waals surface area contributed by atoms with E-state index in [0.717, 1.165) is 24.2 Å². The van der Waals surface area contributed by atoms with E-state index in [0.29, 0.717) is 11.8 Å². The molecule has 0 amide bonds. The SMILES string of the molecule is CCC1Cc2ccccc2-c2cccc(N(c3ccccc3)c3ccc4c(c3)C(C)(C)c3cc(N(c5ccccc5)c5c(C)cc(-c6ccccc6)cc5-c5ccccc5)c5ccccc5c3-4)c2[C@@H]1C. The smallest absolute Gasteiger partial charge is 0.0569 e. The molecule has 0 heterocycles. The third kappa shape index (κ3) is 7.16. The van der Waals surface area contributed by atoms with Crippen molar-refractivity contribution in [3.05, 3.63) is 252 Å². The molecule has 0 saturated carbocycles. The highest BCUT2D eigenvalue weighted by molar-refractivity contribution is 6.11. The van der Waals surface area contributed by atoms with Gasteiger partial charge in [-0.3, -0.25) is 0 Å². The second-order valence-electron chi connectivity index (χ2n) is 20.0. The monoisotopic (exact) mass is 902 g/mol. The Morgan fingerprint density at radius 3 is 1.76 bits per heavy atom. The second kappa shape index (κ2) is 17.5. The van der Waals surface area contributed by atoms with Crippen molar-refractivity contribution < 1.29 is 0 Å². The maximum Gasteiger partial charge on any atom is 0.0569 e. The number of hydrogen-bond donors (Lipinski definition) is 0. The van der Waals surface area contributed by atoms with Crippen molar-refractivity contribution in [2.75, 3.05) is 9.80 Å². The number of para-hydroxylation sites is 2. The van der Waals surface area contributed by atoms with E-state index in [1.807, 2.05) is 0 Å². The van der Waals surface area contributed by atoms with E-state index in [9.17, 15) is 0 Å². The van der Waals surface area contributed by atoms with E-state index in [1.165, 1.54) is 106 Å². The quantitative estimate of drug-likeness (QED) is 0.142. The molecule has 340 valence electrons. The van der Waals surface area contributed by atoms with Gasteiger partial charge in [-0.25, -0.2) is 0 Å². The van der Waals surface area contributed by atoms with Crippen LogP contribution in [0.4, 0.5) is 34.1 Å². The summed E-state index contributed by atoms with van der Waals surface area (Å²) in [5.41, 5.74) is 23.7. The number of anilines is 6. The highest BCUT2D eigenvalue weighted by Crippen LogP contribution is 2.57. The van der Waals surface area contributed by atoms with Gasteiger partial charge >= 0.3 is 0 Å². The molecule has 10 aromatic carbocycles. The molecule has 0 radical (unpaired) electrons. The summed E-state index contributed by atoms with van der Waals surface area (Å²) in [4.78, 5) is 5.09. The zero-order valence-corrected chi connectivity index (χ0v) is 40.8. The highest BCUT2D eigenvalue weighted by atomic mass is 15.2. The number of benzene rings is 10. The predicted octanol–water partition coefficient (Wildman–Crippen LogP) is 19.1. The lowest BCUT2D eigenvalue weighted by atomic mass is 9.81. The maximum atomic E-state index is 2.54. The van der Waals surface area contributed by atoms with Crippen LogP contribution >= 0.6 is 0 Å². The second-order valence-corrected chi connectivity index (χ2v) is 20.0. The van der Waals surface area contributed by atoms with Gasteiger partial charge in [-0.1, -0.05) is 198 Å². The summed E-state index contributed by atoms with van der Waals surface area (Å²) in [5, 5.41) is 2.49. The summed E-state index contributed by atoms with van der Waals surface area (Å²) < 4.78 is 0. The summed E-state index contributed by atoms with van der Waals surface area (Å²) in [6, 6.07) is 83.6. The molecule has 2 atom stereocenters. The van der Waals surface area contributed by atoms with Crippen LogP contribution < -0.4 is 9.80 Å². The maximum absolute atomic E-state index is 2.54. The Morgan fingerprint density at radius 1 is 0.457 bits per heavy atom. The summed E-state index contributed by atoms with van der Waals surface area (Å²) >= 11 is 0. The lowest BCUT2D eigenvalue weighted by molar-refractivity contribution is 0.434. The van der Waals surface area contributed by atoms with Crippen molar-refractivity contribution in [2.45, 2.75) is 58.8 Å². The third-order valence-corrected chi connectivity index (χ3v) is 15.7. The molecule has 1 unspecified atom stereocenters. The van der Waals surface area contributed by atoms with Crippen molar-refractivity contribution in [1.82, 2.24) is 0 Å². The first-order valence-electron chi connectivity index (χ1n) is 25.2. The van der Waals surface area contributed by atoms with Crippen LogP contribution in [-0.4, -0.2) is 0 Å². The number of fused-ring (bicyclic) bond motifs is 8. The topological polar surface area (TPSA) is 6.48 Å². The fraction of sp³-hybridized carbons (Fsp3) is 0.147. The Bertz CT molecular complexity index is 3560. The number of nitrogens with zero attached hydrogens (tertiary/aromatic N) is 2. The minimum Gasteiger partial charge on any atom is -0.310 e. The lowest BCUT2D eigenvalue weighted by Crippen LogP contribution is -2.19. The van der Waals surface area contributed by atoms with Gasteiger partial charge < -0.3 is 9.80 Å². The molecule has 2 nitrogen and oxygen atoms in total. The normalized spacial score (nSPS) is 15.3. The Morgan fingerprint density at radius 2 is 1.06 bits per heavy atom. The molecule has 0 saturated heterocycles. The first kappa shape index (κ1) is 43.3. The van der Waals surface area contributed by atoms with E-state index in [2.05, 4.69) is 269 Å².